The number of aromatic nitrogens is 2. The van der Waals surface area contributed by atoms with E-state index in [9.17, 15) is 22.7 Å². The van der Waals surface area contributed by atoms with Crippen LogP contribution in [0.25, 0.3) is 17.3 Å². The third-order valence-electron chi connectivity index (χ3n) is 9.30. The second kappa shape index (κ2) is 15.0. The van der Waals surface area contributed by atoms with Gasteiger partial charge in [-0.3, -0.25) is 4.79 Å². The van der Waals surface area contributed by atoms with Crippen molar-refractivity contribution in [2.75, 3.05) is 17.6 Å². The van der Waals surface area contributed by atoms with Crippen LogP contribution in [0.3, 0.4) is 0 Å². The first-order valence-corrected chi connectivity index (χ1v) is 23.7. The number of nitrogens with zero attached hydrogens (tertiary/aromatic N) is 3. The molecule has 0 aliphatic heterocycles. The molecule has 0 saturated carbocycles. The Bertz CT molecular complexity index is 1530. The quantitative estimate of drug-likeness (QED) is 0.194. The van der Waals surface area contributed by atoms with Gasteiger partial charge in [-0.2, -0.15) is 0 Å². The summed E-state index contributed by atoms with van der Waals surface area (Å²) in [6.45, 7) is 25.2. The molecule has 264 valence electrons. The average molecular weight is 710 g/mol. The van der Waals surface area contributed by atoms with Gasteiger partial charge in [0.1, 0.15) is 5.82 Å². The minimum absolute atomic E-state index is 0.00559. The number of aliphatic carboxylic acids is 1. The molecule has 0 bridgehead atoms. The van der Waals surface area contributed by atoms with Crippen molar-refractivity contribution < 1.29 is 31.6 Å². The predicted octanol–water partition coefficient (Wildman–Crippen LogP) is 8.46. The number of sulfonamides is 1. The molecule has 2 rings (SSSR count). The molecule has 1 aromatic heterocycles. The van der Waals surface area contributed by atoms with Crippen molar-refractivity contribution in [3.63, 3.8) is 0 Å². The van der Waals surface area contributed by atoms with Crippen molar-refractivity contribution in [1.82, 2.24) is 9.97 Å². The largest absolute Gasteiger partial charge is 0.481 e. The Morgan fingerprint density at radius 1 is 0.979 bits per heavy atom. The van der Waals surface area contributed by atoms with Gasteiger partial charge in [-0.1, -0.05) is 67.5 Å². The zero-order chi connectivity index (χ0) is 36.3. The Labute approximate surface area is 284 Å². The van der Waals surface area contributed by atoms with Gasteiger partial charge in [0, 0.05) is 24.6 Å². The Kier molecular flexibility index (Phi) is 13.0. The predicted molar refractivity (Wildman–Crippen MR) is 195 cm³/mol. The highest BCUT2D eigenvalue weighted by Crippen LogP contribution is 2.41. The minimum Gasteiger partial charge on any atom is -0.481 e. The van der Waals surface area contributed by atoms with Gasteiger partial charge in [0.25, 0.3) is 0 Å². The zero-order valence-corrected chi connectivity index (χ0v) is 33.5. The van der Waals surface area contributed by atoms with Gasteiger partial charge in [0.2, 0.25) is 16.0 Å². The molecule has 0 fully saturated rings. The van der Waals surface area contributed by atoms with Crippen molar-refractivity contribution in [1.29, 1.82) is 0 Å². The second-order valence-corrected chi connectivity index (χ2v) is 27.2. The first kappa shape index (κ1) is 40.7. The molecule has 13 heteroatoms. The van der Waals surface area contributed by atoms with Crippen LogP contribution in [-0.4, -0.2) is 71.6 Å². The standard InChI is InChI=1S/C34H56FN3O6SSi2/c1-23(2)30-28(31(24-15-17-25(35)18-16-24)37-32(36-30)38(9)45(10,41)42)20-19-26(43-46(11,12)33(3,4)5)21-27(22-29(39)40)44-47(13,14)34(6,7)8/h15-20,23,26-27H,21-22H2,1-14H3,(H,39,40)/t26-,27-/m1/s1. The summed E-state index contributed by atoms with van der Waals surface area (Å²) >= 11 is 0. The van der Waals surface area contributed by atoms with Gasteiger partial charge < -0.3 is 14.0 Å². The van der Waals surface area contributed by atoms with Crippen LogP contribution in [0.15, 0.2) is 30.3 Å². The van der Waals surface area contributed by atoms with E-state index in [-0.39, 0.29) is 28.4 Å². The topological polar surface area (TPSA) is 119 Å². The van der Waals surface area contributed by atoms with Crippen LogP contribution in [0.4, 0.5) is 10.3 Å². The summed E-state index contributed by atoms with van der Waals surface area (Å²) in [7, 11) is -6.97. The number of hydrogen-bond donors (Lipinski definition) is 1. The number of carboxylic acids is 1. The molecule has 9 nitrogen and oxygen atoms in total. The molecule has 1 N–H and O–H groups in total. The summed E-state index contributed by atoms with van der Waals surface area (Å²) in [4.78, 5) is 21.4. The summed E-state index contributed by atoms with van der Waals surface area (Å²) < 4.78 is 53.6. The van der Waals surface area contributed by atoms with Crippen LogP contribution in [-0.2, 0) is 23.7 Å². The molecule has 0 spiro atoms. The van der Waals surface area contributed by atoms with E-state index in [4.69, 9.17) is 13.8 Å². The summed E-state index contributed by atoms with van der Waals surface area (Å²) in [5, 5.41) is 9.63. The van der Waals surface area contributed by atoms with Crippen LogP contribution in [0.2, 0.25) is 36.3 Å². The van der Waals surface area contributed by atoms with Crippen molar-refractivity contribution in [2.24, 2.45) is 0 Å². The fraction of sp³-hybridized carbons (Fsp3) is 0.618. The lowest BCUT2D eigenvalue weighted by Crippen LogP contribution is -2.47. The lowest BCUT2D eigenvalue weighted by molar-refractivity contribution is -0.139. The van der Waals surface area contributed by atoms with Crippen molar-refractivity contribution in [3.8, 4) is 11.3 Å². The number of carbonyl (C=O) groups is 1. The number of halogens is 1. The van der Waals surface area contributed by atoms with E-state index in [1.807, 2.05) is 26.0 Å². The van der Waals surface area contributed by atoms with Gasteiger partial charge in [0.05, 0.1) is 36.3 Å². The first-order valence-electron chi connectivity index (χ1n) is 16.0. The lowest BCUT2D eigenvalue weighted by atomic mass is 9.97. The smallest absolute Gasteiger partial charge is 0.305 e. The average Bonchev–Trinajstić information content (AvgIpc) is 2.88. The molecule has 0 radical (unpaired) electrons. The van der Waals surface area contributed by atoms with Crippen molar-refractivity contribution >= 4 is 44.7 Å². The van der Waals surface area contributed by atoms with Crippen LogP contribution >= 0.6 is 0 Å². The van der Waals surface area contributed by atoms with Crippen LogP contribution in [0.5, 0.6) is 0 Å². The molecule has 1 aromatic carbocycles. The Morgan fingerprint density at radius 3 is 1.94 bits per heavy atom. The molecule has 1 heterocycles. The molecule has 47 heavy (non-hydrogen) atoms. The highest BCUT2D eigenvalue weighted by Gasteiger charge is 2.42. The van der Waals surface area contributed by atoms with Gasteiger partial charge in [-0.15, -0.1) is 0 Å². The molecule has 0 saturated heterocycles. The van der Waals surface area contributed by atoms with Gasteiger partial charge in [-0.25, -0.2) is 27.1 Å². The zero-order valence-electron chi connectivity index (χ0n) is 30.7. The van der Waals surface area contributed by atoms with Gasteiger partial charge >= 0.3 is 5.97 Å². The fourth-order valence-electron chi connectivity index (χ4n) is 4.34. The van der Waals surface area contributed by atoms with E-state index >= 15 is 0 Å². The molecule has 2 atom stereocenters. The molecule has 0 unspecified atom stereocenters. The van der Waals surface area contributed by atoms with Crippen LogP contribution < -0.4 is 4.31 Å². The van der Waals surface area contributed by atoms with Crippen LogP contribution in [0, 0.1) is 5.82 Å². The number of anilines is 1. The summed E-state index contributed by atoms with van der Waals surface area (Å²) in [6.07, 6.45) is 3.94. The summed E-state index contributed by atoms with van der Waals surface area (Å²) in [5.41, 5.74) is 2.27. The Morgan fingerprint density at radius 2 is 1.49 bits per heavy atom. The molecule has 0 aliphatic rings. The molecule has 2 aromatic rings. The van der Waals surface area contributed by atoms with Crippen molar-refractivity contribution in [2.45, 2.75) is 123 Å². The fourth-order valence-corrected chi connectivity index (χ4v) is 7.37. The Hall–Kier alpha value is -2.46. The maximum atomic E-state index is 14.0. The summed E-state index contributed by atoms with van der Waals surface area (Å²) in [6, 6.07) is 5.86. The monoisotopic (exact) mass is 709 g/mol. The number of carboxylic acid groups (broad SMARTS) is 1. The summed E-state index contributed by atoms with van der Waals surface area (Å²) in [5.74, 6) is -1.48. The van der Waals surface area contributed by atoms with Crippen molar-refractivity contribution in [3.05, 3.63) is 47.4 Å². The molecule has 0 amide bonds. The highest BCUT2D eigenvalue weighted by molar-refractivity contribution is 7.92. The highest BCUT2D eigenvalue weighted by atomic mass is 32.2. The number of benzene rings is 1. The maximum absolute atomic E-state index is 14.0. The molecule has 0 aliphatic carbocycles. The first-order chi connectivity index (χ1) is 21.2. The van der Waals surface area contributed by atoms with E-state index in [2.05, 4.69) is 72.7 Å². The van der Waals surface area contributed by atoms with E-state index in [0.29, 0.717) is 28.9 Å². The van der Waals surface area contributed by atoms with E-state index < -0.39 is 50.7 Å². The number of rotatable bonds is 14. The van der Waals surface area contributed by atoms with E-state index in [1.165, 1.54) is 19.2 Å². The normalized spacial score (nSPS) is 14.9. The lowest BCUT2D eigenvalue weighted by Gasteiger charge is -2.42. The Balaban J connectivity index is 2.83. The van der Waals surface area contributed by atoms with Gasteiger partial charge in [-0.05, 0) is 66.4 Å². The molecular weight excluding hydrogens is 654 g/mol. The number of hydrogen-bond acceptors (Lipinski definition) is 7. The van der Waals surface area contributed by atoms with Gasteiger partial charge in [0.15, 0.2) is 16.6 Å². The third-order valence-corrected chi connectivity index (χ3v) is 19.5. The van der Waals surface area contributed by atoms with E-state index in [1.54, 1.807) is 12.1 Å². The van der Waals surface area contributed by atoms with E-state index in [0.717, 1.165) is 10.6 Å². The second-order valence-electron chi connectivity index (χ2n) is 15.7. The molecular formula is C34H56FN3O6SSi2. The SMILES string of the molecule is CC(C)c1nc(N(C)S(C)(=O)=O)nc(-c2ccc(F)cc2)c1C=C[C@H](C[C@H](CC(=O)O)O[Si](C)(C)C(C)(C)C)O[Si](C)(C)C(C)(C)C. The third kappa shape index (κ3) is 11.0. The minimum atomic E-state index is -3.67. The van der Waals surface area contributed by atoms with Crippen LogP contribution in [0.1, 0.15) is 85.4 Å². The maximum Gasteiger partial charge on any atom is 0.305 e.